The maximum absolute atomic E-state index is 9.76. The molecule has 0 saturated carbocycles. The topological polar surface area (TPSA) is 69.0 Å². The van der Waals surface area contributed by atoms with Crippen molar-refractivity contribution in [2.45, 2.75) is 18.9 Å². The van der Waals surface area contributed by atoms with E-state index in [1.54, 1.807) is 0 Å². The van der Waals surface area contributed by atoms with Crippen LogP contribution in [0.1, 0.15) is 24.5 Å². The molecule has 0 spiro atoms. The van der Waals surface area contributed by atoms with Gasteiger partial charge in [-0.05, 0) is 36.1 Å². The molecule has 5 heteroatoms. The smallest absolute Gasteiger partial charge is 0.0790 e. The Bertz CT molecular complexity index is 346. The molecule has 0 aliphatic rings. The first-order valence-electron chi connectivity index (χ1n) is 4.68. The minimum atomic E-state index is -0.480. The molecule has 1 aromatic rings. The molecule has 0 aromatic heterocycles. The molecule has 15 heavy (non-hydrogen) atoms. The first kappa shape index (κ1) is 12.0. The Hall–Kier alpha value is -1.03. The Morgan fingerprint density at radius 3 is 2.67 bits per heavy atom. The van der Waals surface area contributed by atoms with Gasteiger partial charge in [-0.1, -0.05) is 33.2 Å². The van der Waals surface area contributed by atoms with Gasteiger partial charge in [-0.3, -0.25) is 0 Å². The van der Waals surface area contributed by atoms with Crippen molar-refractivity contribution >= 4 is 15.9 Å². The number of benzene rings is 1. The summed E-state index contributed by atoms with van der Waals surface area (Å²) in [7, 11) is 0. The summed E-state index contributed by atoms with van der Waals surface area (Å²) in [5.74, 6) is 0. The molecule has 0 amide bonds. The maximum Gasteiger partial charge on any atom is 0.0790 e. The van der Waals surface area contributed by atoms with Gasteiger partial charge >= 0.3 is 0 Å². The van der Waals surface area contributed by atoms with E-state index in [-0.39, 0.29) is 0 Å². The predicted molar refractivity (Wildman–Crippen MR) is 62.3 cm³/mol. The average Bonchev–Trinajstić information content (AvgIpc) is 2.25. The first-order valence-corrected chi connectivity index (χ1v) is 5.47. The second-order valence-electron chi connectivity index (χ2n) is 3.16. The molecule has 0 aliphatic heterocycles. The van der Waals surface area contributed by atoms with E-state index in [1.807, 2.05) is 24.3 Å². The van der Waals surface area contributed by atoms with E-state index in [0.29, 0.717) is 19.4 Å². The normalized spacial score (nSPS) is 11.9. The Morgan fingerprint density at radius 2 is 2.07 bits per heavy atom. The van der Waals surface area contributed by atoms with E-state index in [4.69, 9.17) is 5.53 Å². The summed E-state index contributed by atoms with van der Waals surface area (Å²) in [6.45, 7) is 0.435. The number of rotatable bonds is 5. The summed E-state index contributed by atoms with van der Waals surface area (Å²) in [6, 6.07) is 7.54. The molecule has 0 radical (unpaired) electrons. The molecule has 1 rings (SSSR count). The third-order valence-corrected chi connectivity index (χ3v) is 2.58. The van der Waals surface area contributed by atoms with Crippen molar-refractivity contribution < 1.29 is 5.11 Å². The van der Waals surface area contributed by atoms with Crippen LogP contribution in [0.25, 0.3) is 10.4 Å². The van der Waals surface area contributed by atoms with Crippen LogP contribution in [-0.4, -0.2) is 11.7 Å². The molecule has 0 heterocycles. The minimum absolute atomic E-state index is 0.435. The fourth-order valence-electron chi connectivity index (χ4n) is 1.25. The van der Waals surface area contributed by atoms with Gasteiger partial charge in [0.1, 0.15) is 0 Å². The first-order chi connectivity index (χ1) is 7.24. The Labute approximate surface area is 96.7 Å². The molecule has 1 N–H and O–H groups in total. The van der Waals surface area contributed by atoms with Crippen molar-refractivity contribution in [2.24, 2.45) is 5.11 Å². The summed E-state index contributed by atoms with van der Waals surface area (Å²) in [4.78, 5) is 2.65. The lowest BCUT2D eigenvalue weighted by Crippen LogP contribution is -1.97. The third-order valence-electron chi connectivity index (χ3n) is 2.05. The molecule has 0 aliphatic carbocycles. The van der Waals surface area contributed by atoms with Gasteiger partial charge in [-0.2, -0.15) is 0 Å². The van der Waals surface area contributed by atoms with Crippen molar-refractivity contribution in [1.82, 2.24) is 0 Å². The van der Waals surface area contributed by atoms with Gasteiger partial charge in [-0.15, -0.1) is 0 Å². The third kappa shape index (κ3) is 4.34. The van der Waals surface area contributed by atoms with Crippen LogP contribution < -0.4 is 0 Å². The van der Waals surface area contributed by atoms with Crippen LogP contribution in [0.15, 0.2) is 33.9 Å². The van der Waals surface area contributed by atoms with Gasteiger partial charge in [0.25, 0.3) is 0 Å². The van der Waals surface area contributed by atoms with Crippen molar-refractivity contribution in [3.8, 4) is 0 Å². The Kier molecular flexibility index (Phi) is 5.18. The summed E-state index contributed by atoms with van der Waals surface area (Å²) in [6.07, 6.45) is 0.828. The zero-order valence-corrected chi connectivity index (χ0v) is 9.76. The lowest BCUT2D eigenvalue weighted by Gasteiger charge is -2.09. The zero-order chi connectivity index (χ0) is 11.1. The fraction of sp³-hybridized carbons (Fsp3) is 0.400. The van der Waals surface area contributed by atoms with Crippen molar-refractivity contribution in [1.29, 1.82) is 0 Å². The number of aliphatic hydroxyl groups is 1. The molecule has 0 fully saturated rings. The quantitative estimate of drug-likeness (QED) is 0.378. The van der Waals surface area contributed by atoms with Gasteiger partial charge in [0.15, 0.2) is 0 Å². The van der Waals surface area contributed by atoms with Gasteiger partial charge < -0.3 is 5.11 Å². The van der Waals surface area contributed by atoms with Gasteiger partial charge in [0, 0.05) is 15.9 Å². The summed E-state index contributed by atoms with van der Waals surface area (Å²) >= 11 is 3.33. The highest BCUT2D eigenvalue weighted by molar-refractivity contribution is 9.10. The van der Waals surface area contributed by atoms with Crippen molar-refractivity contribution in [3.05, 3.63) is 44.7 Å². The summed E-state index contributed by atoms with van der Waals surface area (Å²) in [5.41, 5.74) is 8.96. The van der Waals surface area contributed by atoms with E-state index in [9.17, 15) is 5.11 Å². The Balaban J connectivity index is 2.42. The second kappa shape index (κ2) is 6.45. The van der Waals surface area contributed by atoms with Crippen LogP contribution in [0, 0.1) is 0 Å². The molecule has 0 saturated heterocycles. The number of halogens is 1. The minimum Gasteiger partial charge on any atom is -0.388 e. The van der Waals surface area contributed by atoms with Crippen LogP contribution in [0.4, 0.5) is 0 Å². The van der Waals surface area contributed by atoms with Crippen molar-refractivity contribution in [3.63, 3.8) is 0 Å². The highest BCUT2D eigenvalue weighted by atomic mass is 79.9. The van der Waals surface area contributed by atoms with Crippen molar-refractivity contribution in [2.75, 3.05) is 6.54 Å². The molecule has 1 unspecified atom stereocenters. The van der Waals surface area contributed by atoms with Gasteiger partial charge in [0.05, 0.1) is 6.10 Å². The van der Waals surface area contributed by atoms with Crippen LogP contribution in [-0.2, 0) is 0 Å². The van der Waals surface area contributed by atoms with Crippen LogP contribution in [0.2, 0.25) is 0 Å². The summed E-state index contributed by atoms with van der Waals surface area (Å²) < 4.78 is 0.993. The molecule has 4 nitrogen and oxygen atoms in total. The number of hydrogen-bond acceptors (Lipinski definition) is 2. The summed E-state index contributed by atoms with van der Waals surface area (Å²) in [5, 5.41) is 13.2. The molecule has 1 atom stereocenters. The van der Waals surface area contributed by atoms with E-state index in [1.165, 1.54) is 0 Å². The fourth-order valence-corrected chi connectivity index (χ4v) is 1.52. The van der Waals surface area contributed by atoms with Gasteiger partial charge in [0.2, 0.25) is 0 Å². The molecule has 0 bridgehead atoms. The van der Waals surface area contributed by atoms with E-state index in [2.05, 4.69) is 26.0 Å². The molecule has 1 aromatic carbocycles. The maximum atomic E-state index is 9.76. The van der Waals surface area contributed by atoms with E-state index >= 15 is 0 Å². The van der Waals surface area contributed by atoms with Gasteiger partial charge in [-0.25, -0.2) is 0 Å². The van der Waals surface area contributed by atoms with E-state index < -0.39 is 6.10 Å². The lowest BCUT2D eigenvalue weighted by atomic mass is 10.1. The number of hydrogen-bond donors (Lipinski definition) is 1. The molecule has 80 valence electrons. The van der Waals surface area contributed by atoms with E-state index in [0.717, 1.165) is 10.0 Å². The number of azide groups is 1. The Morgan fingerprint density at radius 1 is 1.40 bits per heavy atom. The largest absolute Gasteiger partial charge is 0.388 e. The zero-order valence-electron chi connectivity index (χ0n) is 8.17. The second-order valence-corrected chi connectivity index (χ2v) is 4.08. The highest BCUT2D eigenvalue weighted by Crippen LogP contribution is 2.20. The SMILES string of the molecule is [N-]=[N+]=NCCCC(O)c1ccc(Br)cc1. The monoisotopic (exact) mass is 269 g/mol. The predicted octanol–water partition coefficient (Wildman–Crippen LogP) is 3.57. The number of nitrogens with zero attached hydrogens (tertiary/aromatic N) is 3. The standard InChI is InChI=1S/C10H12BrN3O/c11-9-5-3-8(4-6-9)10(15)2-1-7-13-14-12/h3-6,10,15H,1-2,7H2. The van der Waals surface area contributed by atoms with Crippen LogP contribution in [0.5, 0.6) is 0 Å². The number of aliphatic hydroxyl groups excluding tert-OH is 1. The lowest BCUT2D eigenvalue weighted by molar-refractivity contribution is 0.165. The molecular weight excluding hydrogens is 258 g/mol. The van der Waals surface area contributed by atoms with Crippen LogP contribution >= 0.6 is 15.9 Å². The average molecular weight is 270 g/mol. The highest BCUT2D eigenvalue weighted by Gasteiger charge is 2.05. The van der Waals surface area contributed by atoms with Crippen LogP contribution in [0.3, 0.4) is 0 Å². The molecular formula is C10H12BrN3O.